The third-order valence-corrected chi connectivity index (χ3v) is 2.24. The Morgan fingerprint density at radius 2 is 2.00 bits per heavy atom. The van der Waals surface area contributed by atoms with Crippen molar-refractivity contribution in [3.05, 3.63) is 41.0 Å². The van der Waals surface area contributed by atoms with Crippen molar-refractivity contribution in [3.63, 3.8) is 0 Å². The zero-order valence-electron chi connectivity index (χ0n) is 7.78. The molecule has 0 fully saturated rings. The molecular formula is C10H5ClFNO3. The van der Waals surface area contributed by atoms with E-state index in [1.165, 1.54) is 24.3 Å². The molecule has 0 saturated heterocycles. The summed E-state index contributed by atoms with van der Waals surface area (Å²) in [6, 6.07) is 5.20. The minimum atomic E-state index is -1.28. The van der Waals surface area contributed by atoms with Crippen molar-refractivity contribution < 1.29 is 18.8 Å². The van der Waals surface area contributed by atoms with Crippen molar-refractivity contribution in [1.29, 1.82) is 0 Å². The number of aromatic nitrogens is 1. The Labute approximate surface area is 94.2 Å². The highest BCUT2D eigenvalue weighted by molar-refractivity contribution is 6.32. The summed E-state index contributed by atoms with van der Waals surface area (Å²) in [5, 5.41) is 12.1. The largest absolute Gasteiger partial charge is 0.475 e. The molecule has 0 atom stereocenters. The van der Waals surface area contributed by atoms with Crippen molar-refractivity contribution in [3.8, 4) is 11.1 Å². The summed E-state index contributed by atoms with van der Waals surface area (Å²) in [6.07, 6.45) is 0. The van der Waals surface area contributed by atoms with E-state index in [4.69, 9.17) is 16.7 Å². The molecule has 0 aliphatic carbocycles. The quantitative estimate of drug-likeness (QED) is 0.878. The lowest BCUT2D eigenvalue weighted by Crippen LogP contribution is -1.96. The summed E-state index contributed by atoms with van der Waals surface area (Å²) in [5.41, 5.74) is 0.583. The van der Waals surface area contributed by atoms with Crippen molar-refractivity contribution >= 4 is 17.6 Å². The van der Waals surface area contributed by atoms with E-state index >= 15 is 0 Å². The van der Waals surface area contributed by atoms with Crippen molar-refractivity contribution in [2.75, 3.05) is 0 Å². The van der Waals surface area contributed by atoms with Gasteiger partial charge < -0.3 is 9.63 Å². The second kappa shape index (κ2) is 3.94. The molecule has 0 saturated carbocycles. The molecule has 82 valence electrons. The number of nitrogens with zero attached hydrogens (tertiary/aromatic N) is 1. The van der Waals surface area contributed by atoms with Crippen LogP contribution >= 0.6 is 11.6 Å². The number of carboxylic acids is 1. The van der Waals surface area contributed by atoms with Gasteiger partial charge in [-0.25, -0.2) is 9.18 Å². The van der Waals surface area contributed by atoms with E-state index < -0.39 is 11.8 Å². The van der Waals surface area contributed by atoms with Gasteiger partial charge in [-0.3, -0.25) is 0 Å². The lowest BCUT2D eigenvalue weighted by Gasteiger charge is -1.98. The maximum atomic E-state index is 12.7. The molecule has 4 nitrogen and oxygen atoms in total. The van der Waals surface area contributed by atoms with E-state index in [2.05, 4.69) is 9.68 Å². The number of rotatable bonds is 2. The minimum absolute atomic E-state index is 0.0657. The monoisotopic (exact) mass is 241 g/mol. The fourth-order valence-electron chi connectivity index (χ4n) is 1.28. The molecule has 0 unspecified atom stereocenters. The Hall–Kier alpha value is -1.88. The predicted molar refractivity (Wildman–Crippen MR) is 53.9 cm³/mol. The molecule has 0 bridgehead atoms. The zero-order valence-corrected chi connectivity index (χ0v) is 8.53. The summed E-state index contributed by atoms with van der Waals surface area (Å²) in [6.45, 7) is 0. The third kappa shape index (κ3) is 1.77. The summed E-state index contributed by atoms with van der Waals surface area (Å²) in [5.74, 6) is -2.07. The van der Waals surface area contributed by atoms with Crippen LogP contribution in [0.15, 0.2) is 28.8 Å². The first-order valence-corrected chi connectivity index (χ1v) is 4.62. The summed E-state index contributed by atoms with van der Waals surface area (Å²) in [7, 11) is 0. The summed E-state index contributed by atoms with van der Waals surface area (Å²) >= 11 is 5.70. The second-order valence-electron chi connectivity index (χ2n) is 2.99. The van der Waals surface area contributed by atoms with Crippen molar-refractivity contribution in [2.24, 2.45) is 0 Å². The number of aromatic carboxylic acids is 1. The highest BCUT2D eigenvalue weighted by atomic mass is 35.5. The fourth-order valence-corrected chi connectivity index (χ4v) is 1.51. The Bertz CT molecular complexity index is 535. The van der Waals surface area contributed by atoms with Gasteiger partial charge in [-0.05, 0) is 17.7 Å². The van der Waals surface area contributed by atoms with Gasteiger partial charge in [-0.15, -0.1) is 0 Å². The number of benzene rings is 1. The van der Waals surface area contributed by atoms with E-state index in [0.717, 1.165) is 0 Å². The molecule has 16 heavy (non-hydrogen) atoms. The average molecular weight is 242 g/mol. The van der Waals surface area contributed by atoms with Gasteiger partial charge in [0.2, 0.25) is 0 Å². The van der Waals surface area contributed by atoms with Crippen molar-refractivity contribution in [1.82, 2.24) is 5.16 Å². The molecule has 2 rings (SSSR count). The van der Waals surface area contributed by atoms with Crippen LogP contribution in [0.1, 0.15) is 10.6 Å². The van der Waals surface area contributed by atoms with Crippen LogP contribution < -0.4 is 0 Å². The molecule has 1 aromatic carbocycles. The SMILES string of the molecule is O=C(O)c1onc(Cl)c1-c1ccc(F)cc1. The Balaban J connectivity index is 2.58. The Morgan fingerprint density at radius 3 is 2.56 bits per heavy atom. The zero-order chi connectivity index (χ0) is 11.7. The topological polar surface area (TPSA) is 63.3 Å². The van der Waals surface area contributed by atoms with Crippen LogP contribution in [-0.2, 0) is 0 Å². The maximum absolute atomic E-state index is 12.7. The van der Waals surface area contributed by atoms with Crippen LogP contribution in [0.4, 0.5) is 4.39 Å². The molecule has 0 aliphatic heterocycles. The van der Waals surface area contributed by atoms with Crippen LogP contribution in [0.2, 0.25) is 5.15 Å². The van der Waals surface area contributed by atoms with E-state index in [9.17, 15) is 9.18 Å². The van der Waals surface area contributed by atoms with Gasteiger partial charge in [0.25, 0.3) is 5.76 Å². The van der Waals surface area contributed by atoms with Crippen LogP contribution in [0.5, 0.6) is 0 Å². The van der Waals surface area contributed by atoms with Gasteiger partial charge in [-0.1, -0.05) is 28.9 Å². The van der Waals surface area contributed by atoms with E-state index in [1.54, 1.807) is 0 Å². The molecule has 0 spiro atoms. The van der Waals surface area contributed by atoms with Crippen LogP contribution in [-0.4, -0.2) is 16.2 Å². The lowest BCUT2D eigenvalue weighted by atomic mass is 10.1. The fraction of sp³-hybridized carbons (Fsp3) is 0. The highest BCUT2D eigenvalue weighted by Gasteiger charge is 2.21. The Morgan fingerprint density at radius 1 is 1.38 bits per heavy atom. The van der Waals surface area contributed by atoms with Gasteiger partial charge >= 0.3 is 5.97 Å². The highest BCUT2D eigenvalue weighted by Crippen LogP contribution is 2.31. The third-order valence-electron chi connectivity index (χ3n) is 1.98. The predicted octanol–water partition coefficient (Wildman–Crippen LogP) is 2.83. The number of hydrogen-bond acceptors (Lipinski definition) is 3. The molecule has 0 radical (unpaired) electrons. The number of carboxylic acid groups (broad SMARTS) is 1. The van der Waals surface area contributed by atoms with Gasteiger partial charge in [0, 0.05) is 0 Å². The number of hydrogen-bond donors (Lipinski definition) is 1. The first-order valence-electron chi connectivity index (χ1n) is 4.24. The molecule has 0 aliphatic rings. The minimum Gasteiger partial charge on any atom is -0.475 e. The molecule has 0 amide bonds. The van der Waals surface area contributed by atoms with E-state index in [0.29, 0.717) is 5.56 Å². The van der Waals surface area contributed by atoms with Crippen molar-refractivity contribution in [2.45, 2.75) is 0 Å². The smallest absolute Gasteiger partial charge is 0.375 e. The van der Waals surface area contributed by atoms with Crippen LogP contribution in [0.3, 0.4) is 0 Å². The van der Waals surface area contributed by atoms with Crippen LogP contribution in [0, 0.1) is 5.82 Å². The van der Waals surface area contributed by atoms with Gasteiger partial charge in [0.15, 0.2) is 5.15 Å². The molecule has 1 heterocycles. The summed E-state index contributed by atoms with van der Waals surface area (Å²) < 4.78 is 17.3. The van der Waals surface area contributed by atoms with Crippen LogP contribution in [0.25, 0.3) is 11.1 Å². The van der Waals surface area contributed by atoms with Gasteiger partial charge in [0.05, 0.1) is 5.56 Å². The van der Waals surface area contributed by atoms with Gasteiger partial charge in [0.1, 0.15) is 5.82 Å². The van der Waals surface area contributed by atoms with E-state index in [-0.39, 0.29) is 16.5 Å². The van der Waals surface area contributed by atoms with E-state index in [1.807, 2.05) is 0 Å². The van der Waals surface area contributed by atoms with Gasteiger partial charge in [-0.2, -0.15) is 0 Å². The normalized spacial score (nSPS) is 10.4. The molecule has 1 aromatic heterocycles. The average Bonchev–Trinajstić information content (AvgIpc) is 2.62. The maximum Gasteiger partial charge on any atom is 0.375 e. The molecular weight excluding hydrogens is 237 g/mol. The second-order valence-corrected chi connectivity index (χ2v) is 3.35. The first kappa shape index (κ1) is 10.6. The number of carbonyl (C=O) groups is 1. The Kier molecular flexibility index (Phi) is 2.62. The lowest BCUT2D eigenvalue weighted by molar-refractivity contribution is 0.0653. The molecule has 1 N–H and O–H groups in total. The summed E-state index contributed by atoms with van der Waals surface area (Å²) in [4.78, 5) is 10.8. The standard InChI is InChI=1S/C10H5ClFNO3/c11-9-7(8(10(14)15)16-13-9)5-1-3-6(12)4-2-5/h1-4H,(H,14,15). The number of halogens is 2. The molecule has 2 aromatic rings. The molecule has 6 heteroatoms. The first-order chi connectivity index (χ1) is 7.59.